The predicted octanol–water partition coefficient (Wildman–Crippen LogP) is 2.33. The lowest BCUT2D eigenvalue weighted by Gasteiger charge is -2.07. The Hall–Kier alpha value is -1.45. The summed E-state index contributed by atoms with van der Waals surface area (Å²) in [6.45, 7) is 0. The van der Waals surface area contributed by atoms with Crippen molar-refractivity contribution in [3.8, 4) is 0 Å². The number of sulfonamides is 1. The first-order chi connectivity index (χ1) is 9.85. The maximum atomic E-state index is 12.1. The Labute approximate surface area is 136 Å². The van der Waals surface area contributed by atoms with E-state index in [0.717, 1.165) is 3.57 Å². The van der Waals surface area contributed by atoms with Gasteiger partial charge >= 0.3 is 0 Å². The zero-order chi connectivity index (χ0) is 15.5. The second-order valence-electron chi connectivity index (χ2n) is 4.44. The first-order valence-corrected chi connectivity index (χ1v) is 8.80. The van der Waals surface area contributed by atoms with Crippen molar-refractivity contribution in [3.63, 3.8) is 0 Å². The number of primary sulfonamides is 1. The van der Waals surface area contributed by atoms with Crippen LogP contribution in [0.4, 0.5) is 5.69 Å². The number of carbonyl (C=O) groups is 1. The van der Waals surface area contributed by atoms with Crippen molar-refractivity contribution in [2.45, 2.75) is 5.75 Å². The number of hydrogen-bond donors (Lipinski definition) is 2. The van der Waals surface area contributed by atoms with Crippen LogP contribution in [0.25, 0.3) is 0 Å². The third kappa shape index (κ3) is 4.80. The number of rotatable bonds is 4. The third-order valence-electron chi connectivity index (χ3n) is 2.70. The summed E-state index contributed by atoms with van der Waals surface area (Å²) in [4.78, 5) is 12.1. The van der Waals surface area contributed by atoms with Crippen LogP contribution in [0.1, 0.15) is 15.9 Å². The fourth-order valence-corrected chi connectivity index (χ4v) is 3.05. The van der Waals surface area contributed by atoms with E-state index in [2.05, 4.69) is 27.9 Å². The quantitative estimate of drug-likeness (QED) is 0.750. The fourth-order valence-electron chi connectivity index (χ4n) is 1.76. The summed E-state index contributed by atoms with van der Waals surface area (Å²) < 4.78 is 22.8. The second kappa shape index (κ2) is 6.54. The summed E-state index contributed by atoms with van der Waals surface area (Å²) >= 11 is 2.10. The standard InChI is InChI=1S/C14H13IN2O3S/c15-13-4-2-1-3-12(13)14(18)17-11-7-5-10(6-8-11)9-21(16,19)20/h1-8H,9H2,(H,17,18)(H2,16,19,20). The molecule has 0 unspecified atom stereocenters. The van der Waals surface area contributed by atoms with E-state index < -0.39 is 10.0 Å². The molecule has 0 saturated carbocycles. The largest absolute Gasteiger partial charge is 0.322 e. The van der Waals surface area contributed by atoms with Crippen LogP contribution in [0.15, 0.2) is 48.5 Å². The van der Waals surface area contributed by atoms with Gasteiger partial charge in [0.15, 0.2) is 0 Å². The average molecular weight is 416 g/mol. The highest BCUT2D eigenvalue weighted by Gasteiger charge is 2.10. The van der Waals surface area contributed by atoms with Gasteiger partial charge in [-0.3, -0.25) is 4.79 Å². The molecule has 0 aliphatic carbocycles. The maximum absolute atomic E-state index is 12.1. The zero-order valence-electron chi connectivity index (χ0n) is 10.9. The normalized spacial score (nSPS) is 11.1. The maximum Gasteiger partial charge on any atom is 0.256 e. The number of anilines is 1. The van der Waals surface area contributed by atoms with E-state index in [0.29, 0.717) is 16.8 Å². The van der Waals surface area contributed by atoms with Crippen LogP contribution in [0.5, 0.6) is 0 Å². The molecular weight excluding hydrogens is 403 g/mol. The molecular formula is C14H13IN2O3S. The number of nitrogens with one attached hydrogen (secondary N) is 1. The average Bonchev–Trinajstić information content (AvgIpc) is 2.40. The molecule has 0 aromatic heterocycles. The summed E-state index contributed by atoms with van der Waals surface area (Å²) in [7, 11) is -3.55. The molecule has 0 aliphatic heterocycles. The topological polar surface area (TPSA) is 89.3 Å². The van der Waals surface area contributed by atoms with Crippen molar-refractivity contribution in [1.29, 1.82) is 0 Å². The minimum absolute atomic E-state index is 0.209. The molecule has 1 amide bonds. The molecule has 3 N–H and O–H groups in total. The Morgan fingerprint density at radius 3 is 2.29 bits per heavy atom. The van der Waals surface area contributed by atoms with Gasteiger partial charge in [0.2, 0.25) is 10.0 Å². The molecule has 5 nitrogen and oxygen atoms in total. The Kier molecular flexibility index (Phi) is 4.96. The van der Waals surface area contributed by atoms with Crippen LogP contribution < -0.4 is 10.5 Å². The molecule has 0 spiro atoms. The van der Waals surface area contributed by atoms with Gasteiger partial charge in [0.25, 0.3) is 5.91 Å². The van der Waals surface area contributed by atoms with Crippen molar-refractivity contribution >= 4 is 44.2 Å². The lowest BCUT2D eigenvalue weighted by molar-refractivity contribution is 0.102. The van der Waals surface area contributed by atoms with Crippen molar-refractivity contribution in [1.82, 2.24) is 0 Å². The molecule has 0 saturated heterocycles. The molecule has 0 radical (unpaired) electrons. The molecule has 0 heterocycles. The highest BCUT2D eigenvalue weighted by molar-refractivity contribution is 14.1. The summed E-state index contributed by atoms with van der Waals surface area (Å²) in [5, 5.41) is 7.75. The smallest absolute Gasteiger partial charge is 0.256 e. The van der Waals surface area contributed by atoms with Gasteiger partial charge in [-0.25, -0.2) is 13.6 Å². The van der Waals surface area contributed by atoms with Gasteiger partial charge in [-0.05, 0) is 52.4 Å². The van der Waals surface area contributed by atoms with Gasteiger partial charge in [-0.15, -0.1) is 0 Å². The monoisotopic (exact) mass is 416 g/mol. The number of hydrogen-bond acceptors (Lipinski definition) is 3. The van der Waals surface area contributed by atoms with E-state index in [-0.39, 0.29) is 11.7 Å². The summed E-state index contributed by atoms with van der Waals surface area (Å²) in [6, 6.07) is 13.8. The molecule has 21 heavy (non-hydrogen) atoms. The number of nitrogens with two attached hydrogens (primary N) is 1. The minimum Gasteiger partial charge on any atom is -0.322 e. The summed E-state index contributed by atoms with van der Waals surface area (Å²) in [5.74, 6) is -0.433. The van der Waals surface area contributed by atoms with Crippen molar-refractivity contribution in [3.05, 3.63) is 63.2 Å². The Morgan fingerprint density at radius 2 is 1.71 bits per heavy atom. The van der Waals surface area contributed by atoms with Crippen LogP contribution in [0.3, 0.4) is 0 Å². The van der Waals surface area contributed by atoms with Gasteiger partial charge in [0, 0.05) is 9.26 Å². The first-order valence-electron chi connectivity index (χ1n) is 6.00. The SMILES string of the molecule is NS(=O)(=O)Cc1ccc(NC(=O)c2ccccc2I)cc1. The number of halogens is 1. The Bertz CT molecular complexity index is 758. The van der Waals surface area contributed by atoms with Gasteiger partial charge in [-0.1, -0.05) is 24.3 Å². The van der Waals surface area contributed by atoms with E-state index in [9.17, 15) is 13.2 Å². The highest BCUT2D eigenvalue weighted by atomic mass is 127. The van der Waals surface area contributed by atoms with Crippen molar-refractivity contribution in [2.75, 3.05) is 5.32 Å². The molecule has 0 bridgehead atoms. The minimum atomic E-state index is -3.55. The number of carbonyl (C=O) groups excluding carboxylic acids is 1. The molecule has 0 aliphatic rings. The van der Waals surface area contributed by atoms with Crippen LogP contribution in [-0.2, 0) is 15.8 Å². The lowest BCUT2D eigenvalue weighted by Crippen LogP contribution is -2.15. The molecule has 2 aromatic carbocycles. The molecule has 0 atom stereocenters. The fraction of sp³-hybridized carbons (Fsp3) is 0.0714. The van der Waals surface area contributed by atoms with E-state index in [1.165, 1.54) is 0 Å². The first kappa shape index (κ1) is 15.9. The van der Waals surface area contributed by atoms with E-state index >= 15 is 0 Å². The van der Waals surface area contributed by atoms with Crippen LogP contribution in [0.2, 0.25) is 0 Å². The molecule has 2 rings (SSSR count). The highest BCUT2D eigenvalue weighted by Crippen LogP contribution is 2.16. The number of benzene rings is 2. The van der Waals surface area contributed by atoms with Crippen molar-refractivity contribution < 1.29 is 13.2 Å². The molecule has 7 heteroatoms. The number of amides is 1. The van der Waals surface area contributed by atoms with Crippen LogP contribution in [-0.4, -0.2) is 14.3 Å². The molecule has 110 valence electrons. The zero-order valence-corrected chi connectivity index (χ0v) is 13.9. The van der Waals surface area contributed by atoms with E-state index in [4.69, 9.17) is 5.14 Å². The molecule has 0 fully saturated rings. The Balaban J connectivity index is 2.10. The van der Waals surface area contributed by atoms with Gasteiger partial charge in [-0.2, -0.15) is 0 Å². The summed E-state index contributed by atoms with van der Waals surface area (Å²) in [6.07, 6.45) is 0. The third-order valence-corrected chi connectivity index (χ3v) is 4.37. The molecule has 2 aromatic rings. The van der Waals surface area contributed by atoms with Gasteiger partial charge in [0.1, 0.15) is 0 Å². The van der Waals surface area contributed by atoms with Gasteiger partial charge < -0.3 is 5.32 Å². The lowest BCUT2D eigenvalue weighted by atomic mass is 10.2. The van der Waals surface area contributed by atoms with E-state index in [1.807, 2.05) is 12.1 Å². The van der Waals surface area contributed by atoms with Crippen molar-refractivity contribution in [2.24, 2.45) is 5.14 Å². The van der Waals surface area contributed by atoms with Gasteiger partial charge in [0.05, 0.1) is 11.3 Å². The summed E-state index contributed by atoms with van der Waals surface area (Å²) in [5.41, 5.74) is 1.76. The second-order valence-corrected chi connectivity index (χ2v) is 7.21. The van der Waals surface area contributed by atoms with Crippen LogP contribution in [0, 0.1) is 3.57 Å². The van der Waals surface area contributed by atoms with Crippen LogP contribution >= 0.6 is 22.6 Å². The Morgan fingerprint density at radius 1 is 1.10 bits per heavy atom. The van der Waals surface area contributed by atoms with E-state index in [1.54, 1.807) is 36.4 Å². The predicted molar refractivity (Wildman–Crippen MR) is 90.4 cm³/mol.